The first kappa shape index (κ1) is 12.1. The van der Waals surface area contributed by atoms with Gasteiger partial charge in [0.15, 0.2) is 0 Å². The molecule has 4 nitrogen and oxygen atoms in total. The summed E-state index contributed by atoms with van der Waals surface area (Å²) in [5, 5.41) is 8.21. The molecule has 0 amide bonds. The largest absolute Gasteiger partial charge is 0.382 e. The van der Waals surface area contributed by atoms with Crippen LogP contribution in [0, 0.1) is 5.41 Å². The fourth-order valence-electron chi connectivity index (χ4n) is 1.17. The fraction of sp³-hybridized carbons (Fsp3) is 0. The standard InChI is InChI=1S/C11H9BrN4S/c12-7-1-2-10(16-6-7)17-8-3-4-15-9(5-8)11(13)14/h1-6H,(H3,13,14). The van der Waals surface area contributed by atoms with Gasteiger partial charge in [0, 0.05) is 21.8 Å². The first-order chi connectivity index (χ1) is 8.15. The Kier molecular flexibility index (Phi) is 3.75. The number of rotatable bonds is 3. The summed E-state index contributed by atoms with van der Waals surface area (Å²) in [6.07, 6.45) is 3.38. The van der Waals surface area contributed by atoms with Crippen molar-refractivity contribution < 1.29 is 0 Å². The van der Waals surface area contributed by atoms with Gasteiger partial charge in [-0.1, -0.05) is 11.8 Å². The van der Waals surface area contributed by atoms with Gasteiger partial charge in [-0.3, -0.25) is 10.4 Å². The van der Waals surface area contributed by atoms with Gasteiger partial charge in [-0.2, -0.15) is 0 Å². The van der Waals surface area contributed by atoms with Crippen LogP contribution in [0.4, 0.5) is 0 Å². The van der Waals surface area contributed by atoms with Crippen LogP contribution in [0.1, 0.15) is 5.69 Å². The minimum absolute atomic E-state index is 0.0313. The molecule has 0 aliphatic heterocycles. The SMILES string of the molecule is N=C(N)c1cc(Sc2ccc(Br)cn2)ccn1. The van der Waals surface area contributed by atoms with E-state index in [2.05, 4.69) is 25.9 Å². The lowest BCUT2D eigenvalue weighted by atomic mass is 10.3. The maximum Gasteiger partial charge on any atom is 0.141 e. The molecule has 0 radical (unpaired) electrons. The van der Waals surface area contributed by atoms with E-state index in [4.69, 9.17) is 11.1 Å². The number of hydrogen-bond donors (Lipinski definition) is 2. The summed E-state index contributed by atoms with van der Waals surface area (Å²) in [5.41, 5.74) is 5.86. The number of halogens is 1. The molecule has 0 saturated carbocycles. The first-order valence-corrected chi connectivity index (χ1v) is 6.36. The number of nitrogen functional groups attached to an aromatic ring is 1. The van der Waals surface area contributed by atoms with E-state index in [-0.39, 0.29) is 5.84 Å². The molecule has 0 spiro atoms. The Labute approximate surface area is 111 Å². The van der Waals surface area contributed by atoms with Gasteiger partial charge in [-0.05, 0) is 40.2 Å². The third-order valence-electron chi connectivity index (χ3n) is 1.93. The highest BCUT2D eigenvalue weighted by Crippen LogP contribution is 2.26. The van der Waals surface area contributed by atoms with Gasteiger partial charge in [0.25, 0.3) is 0 Å². The van der Waals surface area contributed by atoms with Crippen LogP contribution in [0.15, 0.2) is 51.1 Å². The van der Waals surface area contributed by atoms with E-state index in [0.29, 0.717) is 5.69 Å². The summed E-state index contributed by atoms with van der Waals surface area (Å²) < 4.78 is 0.945. The summed E-state index contributed by atoms with van der Waals surface area (Å²) >= 11 is 4.84. The van der Waals surface area contributed by atoms with Gasteiger partial charge in [0.1, 0.15) is 16.6 Å². The third-order valence-corrected chi connectivity index (χ3v) is 3.34. The molecule has 0 fully saturated rings. The highest BCUT2D eigenvalue weighted by Gasteiger charge is 2.02. The molecule has 2 aromatic heterocycles. The van der Waals surface area contributed by atoms with Gasteiger partial charge in [-0.25, -0.2) is 4.98 Å². The van der Waals surface area contributed by atoms with Crippen molar-refractivity contribution >= 4 is 33.5 Å². The molecule has 17 heavy (non-hydrogen) atoms. The van der Waals surface area contributed by atoms with Crippen molar-refractivity contribution in [3.63, 3.8) is 0 Å². The number of hydrogen-bond acceptors (Lipinski definition) is 4. The van der Waals surface area contributed by atoms with Gasteiger partial charge >= 0.3 is 0 Å². The number of nitrogens with zero attached hydrogens (tertiary/aromatic N) is 2. The minimum atomic E-state index is -0.0313. The molecule has 0 aromatic carbocycles. The maximum atomic E-state index is 7.32. The molecule has 0 unspecified atom stereocenters. The summed E-state index contributed by atoms with van der Waals surface area (Å²) in [5.74, 6) is -0.0313. The number of aromatic nitrogens is 2. The molecule has 2 aromatic rings. The van der Waals surface area contributed by atoms with E-state index in [1.165, 1.54) is 11.8 Å². The number of nitrogens with one attached hydrogen (secondary N) is 1. The Morgan fingerprint density at radius 1 is 1.29 bits per heavy atom. The van der Waals surface area contributed by atoms with Gasteiger partial charge in [0.2, 0.25) is 0 Å². The lowest BCUT2D eigenvalue weighted by molar-refractivity contribution is 1.12. The van der Waals surface area contributed by atoms with Crippen LogP contribution in [0.5, 0.6) is 0 Å². The lowest BCUT2D eigenvalue weighted by Gasteiger charge is -2.02. The molecule has 2 heterocycles. The van der Waals surface area contributed by atoms with Crippen molar-refractivity contribution in [3.8, 4) is 0 Å². The predicted molar refractivity (Wildman–Crippen MR) is 71.3 cm³/mol. The zero-order chi connectivity index (χ0) is 12.3. The molecule has 2 rings (SSSR count). The number of nitrogens with two attached hydrogens (primary N) is 1. The van der Waals surface area contributed by atoms with Crippen molar-refractivity contribution in [2.45, 2.75) is 9.92 Å². The molecule has 0 atom stereocenters. The van der Waals surface area contributed by atoms with Crippen molar-refractivity contribution in [3.05, 3.63) is 46.8 Å². The predicted octanol–water partition coefficient (Wildman–Crippen LogP) is 2.67. The van der Waals surface area contributed by atoms with Crippen LogP contribution >= 0.6 is 27.7 Å². The van der Waals surface area contributed by atoms with Crippen LogP contribution < -0.4 is 5.73 Å². The van der Waals surface area contributed by atoms with E-state index in [0.717, 1.165) is 14.4 Å². The fourth-order valence-corrected chi connectivity index (χ4v) is 2.18. The molecule has 3 N–H and O–H groups in total. The molecule has 6 heteroatoms. The monoisotopic (exact) mass is 308 g/mol. The average Bonchev–Trinajstić information content (AvgIpc) is 2.32. The van der Waals surface area contributed by atoms with E-state index >= 15 is 0 Å². The quantitative estimate of drug-likeness (QED) is 0.675. The second kappa shape index (κ2) is 5.29. The zero-order valence-corrected chi connectivity index (χ0v) is 11.1. The van der Waals surface area contributed by atoms with E-state index in [9.17, 15) is 0 Å². The summed E-state index contributed by atoms with van der Waals surface area (Å²) in [4.78, 5) is 9.22. The van der Waals surface area contributed by atoms with Crippen molar-refractivity contribution in [2.75, 3.05) is 0 Å². The highest BCUT2D eigenvalue weighted by molar-refractivity contribution is 9.10. The van der Waals surface area contributed by atoms with E-state index < -0.39 is 0 Å². The Bertz CT molecular complexity index is 541. The van der Waals surface area contributed by atoms with Crippen molar-refractivity contribution in [2.24, 2.45) is 5.73 Å². The summed E-state index contributed by atoms with van der Waals surface area (Å²) in [6, 6.07) is 7.49. The Balaban J connectivity index is 2.21. The normalized spacial score (nSPS) is 10.2. The van der Waals surface area contributed by atoms with Gasteiger partial charge in [-0.15, -0.1) is 0 Å². The van der Waals surface area contributed by atoms with Crippen LogP contribution in [0.2, 0.25) is 0 Å². The highest BCUT2D eigenvalue weighted by atomic mass is 79.9. The summed E-state index contributed by atoms with van der Waals surface area (Å²) in [7, 11) is 0. The molecule has 0 aliphatic rings. The maximum absolute atomic E-state index is 7.32. The Morgan fingerprint density at radius 2 is 2.12 bits per heavy atom. The Hall–Kier alpha value is -1.40. The van der Waals surface area contributed by atoms with Crippen molar-refractivity contribution in [1.82, 2.24) is 9.97 Å². The van der Waals surface area contributed by atoms with Gasteiger partial charge in [0.05, 0.1) is 0 Å². The molecule has 0 aliphatic carbocycles. The van der Waals surface area contributed by atoms with E-state index in [1.54, 1.807) is 18.5 Å². The summed E-state index contributed by atoms with van der Waals surface area (Å²) in [6.45, 7) is 0. The molecule has 0 saturated heterocycles. The minimum Gasteiger partial charge on any atom is -0.382 e. The average molecular weight is 309 g/mol. The number of pyridine rings is 2. The molecular weight excluding hydrogens is 300 g/mol. The third kappa shape index (κ3) is 3.28. The van der Waals surface area contributed by atoms with Crippen LogP contribution in [0.25, 0.3) is 0 Å². The lowest BCUT2D eigenvalue weighted by Crippen LogP contribution is -2.12. The molecule has 0 bridgehead atoms. The van der Waals surface area contributed by atoms with Crippen molar-refractivity contribution in [1.29, 1.82) is 5.41 Å². The second-order valence-electron chi connectivity index (χ2n) is 3.21. The van der Waals surface area contributed by atoms with Crippen LogP contribution in [-0.2, 0) is 0 Å². The topological polar surface area (TPSA) is 75.7 Å². The number of amidine groups is 1. The van der Waals surface area contributed by atoms with Crippen LogP contribution in [0.3, 0.4) is 0 Å². The van der Waals surface area contributed by atoms with Crippen LogP contribution in [-0.4, -0.2) is 15.8 Å². The first-order valence-electron chi connectivity index (χ1n) is 4.75. The molecule has 86 valence electrons. The smallest absolute Gasteiger partial charge is 0.141 e. The van der Waals surface area contributed by atoms with E-state index in [1.807, 2.05) is 18.2 Å². The zero-order valence-electron chi connectivity index (χ0n) is 8.72. The molecular formula is C11H9BrN4S. The second-order valence-corrected chi connectivity index (χ2v) is 5.22. The Morgan fingerprint density at radius 3 is 2.76 bits per heavy atom. The van der Waals surface area contributed by atoms with Gasteiger partial charge < -0.3 is 5.73 Å².